The average molecular weight is 291 g/mol. The summed E-state index contributed by atoms with van der Waals surface area (Å²) in [5.74, 6) is 0.803. The highest BCUT2D eigenvalue weighted by Crippen LogP contribution is 2.26. The number of likely N-dealkylation sites (tertiary alicyclic amines) is 1. The van der Waals surface area contributed by atoms with Crippen LogP contribution in [0, 0.1) is 5.92 Å². The second-order valence-corrected chi connectivity index (χ2v) is 5.64. The van der Waals surface area contributed by atoms with E-state index in [4.69, 9.17) is 9.47 Å². The van der Waals surface area contributed by atoms with Crippen LogP contribution in [-0.4, -0.2) is 37.7 Å². The van der Waals surface area contributed by atoms with Gasteiger partial charge in [-0.05, 0) is 37.0 Å². The van der Waals surface area contributed by atoms with Gasteiger partial charge in [0.2, 0.25) is 0 Å². The molecule has 2 rings (SSSR count). The summed E-state index contributed by atoms with van der Waals surface area (Å²) in [4.78, 5) is 14.2. The topological polar surface area (TPSA) is 38.8 Å². The average Bonchev–Trinajstić information content (AvgIpc) is 2.54. The standard InChI is InChI=1S/C17H25NO3/c1-4-15-8-7-14(17(19)21-3)12-18(15)11-13-5-9-16(20-2)10-6-13/h5-6,9-10,14-15H,4,7-8,11-12H2,1-3H3/t14-,15-/m1/s1. The summed E-state index contributed by atoms with van der Waals surface area (Å²) in [7, 11) is 3.15. The maximum absolute atomic E-state index is 11.8. The molecular weight excluding hydrogens is 266 g/mol. The second-order valence-electron chi connectivity index (χ2n) is 5.64. The van der Waals surface area contributed by atoms with Crippen LogP contribution in [0.5, 0.6) is 5.75 Å². The molecule has 116 valence electrons. The molecule has 1 saturated heterocycles. The normalized spacial score (nSPS) is 22.8. The van der Waals surface area contributed by atoms with Gasteiger partial charge in [0.15, 0.2) is 0 Å². The van der Waals surface area contributed by atoms with E-state index in [2.05, 4.69) is 24.0 Å². The van der Waals surface area contributed by atoms with Crippen LogP contribution in [0.2, 0.25) is 0 Å². The van der Waals surface area contributed by atoms with Crippen molar-refractivity contribution in [1.29, 1.82) is 0 Å². The van der Waals surface area contributed by atoms with E-state index >= 15 is 0 Å². The van der Waals surface area contributed by atoms with Crippen LogP contribution in [0.15, 0.2) is 24.3 Å². The molecule has 0 aliphatic carbocycles. The molecule has 21 heavy (non-hydrogen) atoms. The molecule has 1 aromatic rings. The Morgan fingerprint density at radius 2 is 1.95 bits per heavy atom. The quantitative estimate of drug-likeness (QED) is 0.782. The summed E-state index contributed by atoms with van der Waals surface area (Å²) >= 11 is 0. The van der Waals surface area contributed by atoms with E-state index in [1.807, 2.05) is 12.1 Å². The maximum atomic E-state index is 11.8. The van der Waals surface area contributed by atoms with Crippen molar-refractivity contribution in [1.82, 2.24) is 4.90 Å². The summed E-state index contributed by atoms with van der Waals surface area (Å²) in [6.45, 7) is 3.87. The zero-order valence-corrected chi connectivity index (χ0v) is 13.2. The minimum Gasteiger partial charge on any atom is -0.497 e. The fraction of sp³-hybridized carbons (Fsp3) is 0.588. The number of rotatable bonds is 5. The van der Waals surface area contributed by atoms with Gasteiger partial charge in [-0.1, -0.05) is 19.1 Å². The van der Waals surface area contributed by atoms with Crippen molar-refractivity contribution in [3.05, 3.63) is 29.8 Å². The lowest BCUT2D eigenvalue weighted by molar-refractivity contribution is -0.148. The minimum atomic E-state index is -0.0794. The van der Waals surface area contributed by atoms with Crippen molar-refractivity contribution in [3.8, 4) is 5.75 Å². The fourth-order valence-electron chi connectivity index (χ4n) is 3.08. The van der Waals surface area contributed by atoms with Gasteiger partial charge in [0.05, 0.1) is 20.1 Å². The Bertz CT molecular complexity index is 458. The van der Waals surface area contributed by atoms with Crippen LogP contribution >= 0.6 is 0 Å². The van der Waals surface area contributed by atoms with Crippen LogP contribution < -0.4 is 4.74 Å². The monoisotopic (exact) mass is 291 g/mol. The number of nitrogens with zero attached hydrogens (tertiary/aromatic N) is 1. The van der Waals surface area contributed by atoms with Crippen LogP contribution in [0.4, 0.5) is 0 Å². The molecule has 0 bridgehead atoms. The van der Waals surface area contributed by atoms with E-state index in [0.29, 0.717) is 6.04 Å². The highest BCUT2D eigenvalue weighted by molar-refractivity contribution is 5.72. The predicted octanol–water partition coefficient (Wildman–Crippen LogP) is 2.86. The summed E-state index contributed by atoms with van der Waals surface area (Å²) in [5.41, 5.74) is 1.25. The summed E-state index contributed by atoms with van der Waals surface area (Å²) in [6, 6.07) is 8.70. The maximum Gasteiger partial charge on any atom is 0.309 e. The Morgan fingerprint density at radius 3 is 2.52 bits per heavy atom. The largest absolute Gasteiger partial charge is 0.497 e. The summed E-state index contributed by atoms with van der Waals surface area (Å²) < 4.78 is 10.1. The fourth-order valence-corrected chi connectivity index (χ4v) is 3.08. The number of ether oxygens (including phenoxy) is 2. The van der Waals surface area contributed by atoms with Crippen molar-refractivity contribution in [2.45, 2.75) is 38.8 Å². The molecule has 0 N–H and O–H groups in total. The zero-order valence-electron chi connectivity index (χ0n) is 13.2. The number of carbonyl (C=O) groups is 1. The summed E-state index contributed by atoms with van der Waals surface area (Å²) in [5, 5.41) is 0. The molecule has 0 amide bonds. The van der Waals surface area contributed by atoms with Crippen LogP contribution in [-0.2, 0) is 16.1 Å². The highest BCUT2D eigenvalue weighted by Gasteiger charge is 2.31. The second kappa shape index (κ2) is 7.46. The lowest BCUT2D eigenvalue weighted by Crippen LogP contribution is -2.44. The van der Waals surface area contributed by atoms with Gasteiger partial charge in [0.1, 0.15) is 5.75 Å². The molecule has 1 aromatic carbocycles. The molecular formula is C17H25NO3. The van der Waals surface area contributed by atoms with Crippen molar-refractivity contribution < 1.29 is 14.3 Å². The number of carbonyl (C=O) groups excluding carboxylic acids is 1. The first kappa shape index (κ1) is 15.8. The first-order valence-corrected chi connectivity index (χ1v) is 7.62. The van der Waals surface area contributed by atoms with Crippen molar-refractivity contribution >= 4 is 5.97 Å². The Hall–Kier alpha value is -1.55. The number of esters is 1. The first-order chi connectivity index (χ1) is 10.2. The predicted molar refractivity (Wildman–Crippen MR) is 82.2 cm³/mol. The smallest absolute Gasteiger partial charge is 0.309 e. The van der Waals surface area contributed by atoms with Gasteiger partial charge < -0.3 is 9.47 Å². The third kappa shape index (κ3) is 3.97. The van der Waals surface area contributed by atoms with E-state index in [1.54, 1.807) is 7.11 Å². The molecule has 0 unspecified atom stereocenters. The molecule has 4 nitrogen and oxygen atoms in total. The molecule has 1 aliphatic heterocycles. The molecule has 1 fully saturated rings. The van der Waals surface area contributed by atoms with Gasteiger partial charge in [-0.3, -0.25) is 9.69 Å². The first-order valence-electron chi connectivity index (χ1n) is 7.62. The van der Waals surface area contributed by atoms with Crippen molar-refractivity contribution in [3.63, 3.8) is 0 Å². The van der Waals surface area contributed by atoms with Crippen LogP contribution in [0.3, 0.4) is 0 Å². The Morgan fingerprint density at radius 1 is 1.24 bits per heavy atom. The van der Waals surface area contributed by atoms with E-state index in [9.17, 15) is 4.79 Å². The molecule has 0 saturated carbocycles. The van der Waals surface area contributed by atoms with E-state index in [1.165, 1.54) is 12.7 Å². The molecule has 1 aliphatic rings. The minimum absolute atomic E-state index is 0.0102. The number of benzene rings is 1. The van der Waals surface area contributed by atoms with Gasteiger partial charge >= 0.3 is 5.97 Å². The highest BCUT2D eigenvalue weighted by atomic mass is 16.5. The third-order valence-electron chi connectivity index (χ3n) is 4.37. The number of piperidine rings is 1. The molecule has 0 radical (unpaired) electrons. The molecule has 0 aromatic heterocycles. The Kier molecular flexibility index (Phi) is 5.62. The third-order valence-corrected chi connectivity index (χ3v) is 4.37. The van der Waals surface area contributed by atoms with Gasteiger partial charge in [-0.25, -0.2) is 0 Å². The SMILES string of the molecule is CC[C@@H]1CC[C@@H](C(=O)OC)CN1Cc1ccc(OC)cc1. The lowest BCUT2D eigenvalue weighted by Gasteiger charge is -2.38. The molecule has 4 heteroatoms. The Balaban J connectivity index is 2.04. The van der Waals surface area contributed by atoms with Gasteiger partial charge in [0.25, 0.3) is 0 Å². The summed E-state index contributed by atoms with van der Waals surface area (Å²) in [6.07, 6.45) is 3.11. The van der Waals surface area contributed by atoms with Gasteiger partial charge in [0, 0.05) is 19.1 Å². The lowest BCUT2D eigenvalue weighted by atomic mass is 9.91. The van der Waals surface area contributed by atoms with Crippen molar-refractivity contribution in [2.24, 2.45) is 5.92 Å². The van der Waals surface area contributed by atoms with Gasteiger partial charge in [-0.15, -0.1) is 0 Å². The van der Waals surface area contributed by atoms with Gasteiger partial charge in [-0.2, -0.15) is 0 Å². The van der Waals surface area contributed by atoms with E-state index < -0.39 is 0 Å². The van der Waals surface area contributed by atoms with E-state index in [0.717, 1.165) is 38.1 Å². The number of methoxy groups -OCH3 is 2. The zero-order chi connectivity index (χ0) is 15.2. The number of hydrogen-bond acceptors (Lipinski definition) is 4. The van der Waals surface area contributed by atoms with Crippen molar-refractivity contribution in [2.75, 3.05) is 20.8 Å². The van der Waals surface area contributed by atoms with Crippen LogP contribution in [0.1, 0.15) is 31.7 Å². The van der Waals surface area contributed by atoms with E-state index in [-0.39, 0.29) is 11.9 Å². The molecule has 1 heterocycles. The van der Waals surface area contributed by atoms with Crippen LogP contribution in [0.25, 0.3) is 0 Å². The number of hydrogen-bond donors (Lipinski definition) is 0. The molecule has 2 atom stereocenters. The molecule has 0 spiro atoms. The Labute approximate surface area is 127 Å².